The van der Waals surface area contributed by atoms with Gasteiger partial charge in [0.2, 0.25) is 0 Å². The van der Waals surface area contributed by atoms with Crippen molar-refractivity contribution >= 4 is 11.8 Å². The summed E-state index contributed by atoms with van der Waals surface area (Å²) in [6.45, 7) is 2.18. The highest BCUT2D eigenvalue weighted by Crippen LogP contribution is 2.31. The summed E-state index contributed by atoms with van der Waals surface area (Å²) < 4.78 is 13.0. The molecule has 1 saturated heterocycles. The second-order valence-corrected chi connectivity index (χ2v) is 6.76. The standard InChI is InChI=1S/C16H17N5O2S/c1-2-12(23-7-1)11-21-15(14-10-17-5-6-18-14)19-20-16(21)24-13-3-8-22-9-4-13/h1-2,5-7,10,13H,3-4,8-9,11H2. The van der Waals surface area contributed by atoms with E-state index in [-0.39, 0.29) is 0 Å². The molecule has 0 bridgehead atoms. The molecule has 0 aliphatic carbocycles. The predicted octanol–water partition coefficient (Wildman–Crippen LogP) is 2.65. The van der Waals surface area contributed by atoms with Crippen LogP contribution in [0.3, 0.4) is 0 Å². The Labute approximate surface area is 143 Å². The lowest BCUT2D eigenvalue weighted by molar-refractivity contribution is 0.0999. The number of ether oxygens (including phenoxy) is 1. The van der Waals surface area contributed by atoms with Gasteiger partial charge < -0.3 is 9.15 Å². The Balaban J connectivity index is 1.66. The van der Waals surface area contributed by atoms with Gasteiger partial charge in [-0.15, -0.1) is 10.2 Å². The lowest BCUT2D eigenvalue weighted by Crippen LogP contribution is -2.18. The maximum atomic E-state index is 5.50. The Bertz CT molecular complexity index is 769. The molecular weight excluding hydrogens is 326 g/mol. The first-order chi connectivity index (χ1) is 11.9. The molecule has 0 atom stereocenters. The van der Waals surface area contributed by atoms with Gasteiger partial charge in [0.05, 0.1) is 19.0 Å². The lowest BCUT2D eigenvalue weighted by Gasteiger charge is -2.21. The third kappa shape index (κ3) is 3.34. The zero-order valence-electron chi connectivity index (χ0n) is 13.0. The SMILES string of the molecule is c1coc(Cn2c(SC3CCOCC3)nnc2-c2cnccn2)c1. The molecule has 0 amide bonds. The van der Waals surface area contributed by atoms with E-state index in [1.807, 2.05) is 16.7 Å². The van der Waals surface area contributed by atoms with Crippen LogP contribution >= 0.6 is 11.8 Å². The molecule has 0 saturated carbocycles. The van der Waals surface area contributed by atoms with Gasteiger partial charge in [0.1, 0.15) is 11.5 Å². The van der Waals surface area contributed by atoms with Crippen molar-refractivity contribution in [2.45, 2.75) is 29.8 Å². The first kappa shape index (κ1) is 15.3. The Morgan fingerprint density at radius 2 is 2.12 bits per heavy atom. The second kappa shape index (κ2) is 7.14. The van der Waals surface area contributed by atoms with Crippen LogP contribution in [-0.4, -0.2) is 43.2 Å². The first-order valence-corrected chi connectivity index (χ1v) is 8.74. The minimum atomic E-state index is 0.494. The minimum Gasteiger partial charge on any atom is -0.467 e. The summed E-state index contributed by atoms with van der Waals surface area (Å²) in [5.74, 6) is 1.56. The van der Waals surface area contributed by atoms with Crippen LogP contribution in [0.25, 0.3) is 11.5 Å². The summed E-state index contributed by atoms with van der Waals surface area (Å²) in [5, 5.41) is 10.1. The summed E-state index contributed by atoms with van der Waals surface area (Å²) >= 11 is 1.75. The van der Waals surface area contributed by atoms with Gasteiger partial charge in [-0.25, -0.2) is 4.98 Å². The number of aromatic nitrogens is 5. The fourth-order valence-corrected chi connectivity index (χ4v) is 3.72. The molecule has 1 aliphatic rings. The van der Waals surface area contributed by atoms with E-state index in [1.165, 1.54) is 0 Å². The van der Waals surface area contributed by atoms with E-state index in [1.54, 1.807) is 36.6 Å². The summed E-state index contributed by atoms with van der Waals surface area (Å²) in [5.41, 5.74) is 0.704. The van der Waals surface area contributed by atoms with E-state index in [2.05, 4.69) is 20.2 Å². The van der Waals surface area contributed by atoms with Crippen molar-refractivity contribution in [1.29, 1.82) is 0 Å². The highest BCUT2D eigenvalue weighted by Gasteiger charge is 2.22. The Morgan fingerprint density at radius 3 is 2.88 bits per heavy atom. The molecule has 8 heteroatoms. The van der Waals surface area contributed by atoms with E-state index in [0.29, 0.717) is 23.3 Å². The highest BCUT2D eigenvalue weighted by molar-refractivity contribution is 7.99. The predicted molar refractivity (Wildman–Crippen MR) is 88.6 cm³/mol. The van der Waals surface area contributed by atoms with Crippen LogP contribution in [0, 0.1) is 0 Å². The average Bonchev–Trinajstić information content (AvgIpc) is 3.28. The number of furan rings is 1. The molecule has 7 nitrogen and oxygen atoms in total. The summed E-state index contributed by atoms with van der Waals surface area (Å²) in [6.07, 6.45) is 8.73. The number of hydrogen-bond donors (Lipinski definition) is 0. The molecule has 0 unspecified atom stereocenters. The van der Waals surface area contributed by atoms with Crippen molar-refractivity contribution < 1.29 is 9.15 Å². The molecule has 3 aromatic heterocycles. The molecule has 0 radical (unpaired) electrons. The molecule has 4 heterocycles. The lowest BCUT2D eigenvalue weighted by atomic mass is 10.2. The van der Waals surface area contributed by atoms with Crippen molar-refractivity contribution in [2.24, 2.45) is 0 Å². The van der Waals surface area contributed by atoms with Crippen molar-refractivity contribution in [3.05, 3.63) is 42.7 Å². The molecule has 24 heavy (non-hydrogen) atoms. The molecule has 0 aromatic carbocycles. The molecule has 1 fully saturated rings. The third-order valence-electron chi connectivity index (χ3n) is 3.84. The van der Waals surface area contributed by atoms with Gasteiger partial charge in [0.15, 0.2) is 11.0 Å². The second-order valence-electron chi connectivity index (χ2n) is 5.49. The fraction of sp³-hybridized carbons (Fsp3) is 0.375. The highest BCUT2D eigenvalue weighted by atomic mass is 32.2. The van der Waals surface area contributed by atoms with Crippen LogP contribution in [0.2, 0.25) is 0 Å². The van der Waals surface area contributed by atoms with Crippen molar-refractivity contribution in [3.8, 4) is 11.5 Å². The van der Waals surface area contributed by atoms with E-state index in [9.17, 15) is 0 Å². The zero-order chi connectivity index (χ0) is 16.2. The number of hydrogen-bond acceptors (Lipinski definition) is 7. The van der Waals surface area contributed by atoms with E-state index in [0.717, 1.165) is 37.0 Å². The fourth-order valence-electron chi connectivity index (χ4n) is 2.62. The van der Waals surface area contributed by atoms with Crippen LogP contribution < -0.4 is 0 Å². The average molecular weight is 343 g/mol. The monoisotopic (exact) mass is 343 g/mol. The van der Waals surface area contributed by atoms with Gasteiger partial charge in [-0.2, -0.15) is 0 Å². The normalized spacial score (nSPS) is 15.7. The molecular formula is C16H17N5O2S. The van der Waals surface area contributed by atoms with E-state index in [4.69, 9.17) is 9.15 Å². The first-order valence-electron chi connectivity index (χ1n) is 7.86. The van der Waals surface area contributed by atoms with Crippen LogP contribution in [-0.2, 0) is 11.3 Å². The van der Waals surface area contributed by atoms with Crippen LogP contribution in [0.15, 0.2) is 46.6 Å². The van der Waals surface area contributed by atoms with Gasteiger partial charge in [-0.3, -0.25) is 9.55 Å². The van der Waals surface area contributed by atoms with Gasteiger partial charge in [0, 0.05) is 30.9 Å². The number of rotatable bonds is 5. The third-order valence-corrected chi connectivity index (χ3v) is 5.16. The molecule has 3 aromatic rings. The van der Waals surface area contributed by atoms with E-state index >= 15 is 0 Å². The van der Waals surface area contributed by atoms with Gasteiger partial charge >= 0.3 is 0 Å². The largest absolute Gasteiger partial charge is 0.467 e. The minimum absolute atomic E-state index is 0.494. The summed E-state index contributed by atoms with van der Waals surface area (Å²) in [7, 11) is 0. The molecule has 0 spiro atoms. The van der Waals surface area contributed by atoms with Gasteiger partial charge in [-0.1, -0.05) is 11.8 Å². The van der Waals surface area contributed by atoms with Crippen LogP contribution in [0.5, 0.6) is 0 Å². The zero-order valence-corrected chi connectivity index (χ0v) is 13.9. The maximum absolute atomic E-state index is 5.50. The van der Waals surface area contributed by atoms with Gasteiger partial charge in [0.25, 0.3) is 0 Å². The smallest absolute Gasteiger partial charge is 0.192 e. The molecule has 0 N–H and O–H groups in total. The Kier molecular flexibility index (Phi) is 4.57. The Morgan fingerprint density at radius 1 is 1.21 bits per heavy atom. The Hall–Kier alpha value is -2.19. The summed E-state index contributed by atoms with van der Waals surface area (Å²) in [6, 6.07) is 3.83. The van der Waals surface area contributed by atoms with Gasteiger partial charge in [-0.05, 0) is 25.0 Å². The molecule has 4 rings (SSSR count). The van der Waals surface area contributed by atoms with Crippen molar-refractivity contribution in [1.82, 2.24) is 24.7 Å². The number of thioether (sulfide) groups is 1. The summed E-state index contributed by atoms with van der Waals surface area (Å²) in [4.78, 5) is 8.49. The maximum Gasteiger partial charge on any atom is 0.192 e. The van der Waals surface area contributed by atoms with Crippen molar-refractivity contribution in [2.75, 3.05) is 13.2 Å². The molecule has 124 valence electrons. The van der Waals surface area contributed by atoms with Crippen molar-refractivity contribution in [3.63, 3.8) is 0 Å². The molecule has 1 aliphatic heterocycles. The van der Waals surface area contributed by atoms with Crippen LogP contribution in [0.4, 0.5) is 0 Å². The number of nitrogens with zero attached hydrogens (tertiary/aromatic N) is 5. The van der Waals surface area contributed by atoms with E-state index < -0.39 is 0 Å². The quantitative estimate of drug-likeness (QED) is 0.704. The van der Waals surface area contributed by atoms with Crippen LogP contribution in [0.1, 0.15) is 18.6 Å². The topological polar surface area (TPSA) is 78.9 Å².